The fourth-order valence-electron chi connectivity index (χ4n) is 1.37. The predicted octanol–water partition coefficient (Wildman–Crippen LogP) is 3.73. The molecule has 0 atom stereocenters. The molecule has 4 heteroatoms. The molecule has 17 heavy (non-hydrogen) atoms. The molecule has 0 aromatic heterocycles. The van der Waals surface area contributed by atoms with Crippen LogP contribution < -0.4 is 5.32 Å². The summed E-state index contributed by atoms with van der Waals surface area (Å²) in [7, 11) is 0. The standard InChI is InChI=1S/C13H9ClFNO/c14-10-4-6-12(7-5-10)16-13(17)9-2-1-3-11(15)8-9/h1-8H,(H,16,17). The van der Waals surface area contributed by atoms with E-state index in [2.05, 4.69) is 5.32 Å². The molecule has 1 amide bonds. The van der Waals surface area contributed by atoms with Crippen LogP contribution in [0.2, 0.25) is 5.02 Å². The number of hydrogen-bond acceptors (Lipinski definition) is 1. The summed E-state index contributed by atoms with van der Waals surface area (Å²) in [5.74, 6) is -0.791. The Morgan fingerprint density at radius 3 is 2.47 bits per heavy atom. The lowest BCUT2D eigenvalue weighted by Gasteiger charge is -2.05. The highest BCUT2D eigenvalue weighted by molar-refractivity contribution is 6.30. The molecule has 0 heterocycles. The normalized spacial score (nSPS) is 10.0. The Morgan fingerprint density at radius 2 is 1.82 bits per heavy atom. The highest BCUT2D eigenvalue weighted by Gasteiger charge is 2.06. The molecule has 0 radical (unpaired) electrons. The first kappa shape index (κ1) is 11.6. The van der Waals surface area contributed by atoms with Crippen LogP contribution in [0, 0.1) is 5.82 Å². The Balaban J connectivity index is 2.14. The van der Waals surface area contributed by atoms with Gasteiger partial charge in [0.2, 0.25) is 0 Å². The van der Waals surface area contributed by atoms with E-state index in [4.69, 9.17) is 11.6 Å². The van der Waals surface area contributed by atoms with Crippen LogP contribution in [-0.2, 0) is 0 Å². The maximum atomic E-state index is 12.9. The Morgan fingerprint density at radius 1 is 1.12 bits per heavy atom. The number of halogens is 2. The fraction of sp³-hybridized carbons (Fsp3) is 0. The summed E-state index contributed by atoms with van der Waals surface area (Å²) >= 11 is 5.72. The number of nitrogens with one attached hydrogen (secondary N) is 1. The maximum Gasteiger partial charge on any atom is 0.255 e. The maximum absolute atomic E-state index is 12.9. The molecular weight excluding hydrogens is 241 g/mol. The number of hydrogen-bond donors (Lipinski definition) is 1. The van der Waals surface area contributed by atoms with Gasteiger partial charge in [-0.1, -0.05) is 17.7 Å². The summed E-state index contributed by atoms with van der Waals surface area (Å²) in [5, 5.41) is 3.24. The fourth-order valence-corrected chi connectivity index (χ4v) is 1.49. The lowest BCUT2D eigenvalue weighted by molar-refractivity contribution is 0.102. The summed E-state index contributed by atoms with van der Waals surface area (Å²) in [4.78, 5) is 11.7. The third-order valence-corrected chi connectivity index (χ3v) is 2.44. The Kier molecular flexibility index (Phi) is 3.40. The van der Waals surface area contributed by atoms with Crippen molar-refractivity contribution in [3.05, 3.63) is 64.9 Å². The first-order chi connectivity index (χ1) is 8.15. The van der Waals surface area contributed by atoms with E-state index in [0.29, 0.717) is 10.7 Å². The molecule has 2 aromatic carbocycles. The van der Waals surface area contributed by atoms with Crippen LogP contribution in [0.15, 0.2) is 48.5 Å². The van der Waals surface area contributed by atoms with E-state index < -0.39 is 5.82 Å². The van der Waals surface area contributed by atoms with Gasteiger partial charge < -0.3 is 5.32 Å². The second kappa shape index (κ2) is 4.97. The largest absolute Gasteiger partial charge is 0.322 e. The first-order valence-corrected chi connectivity index (χ1v) is 5.35. The Bertz CT molecular complexity index is 539. The van der Waals surface area contributed by atoms with E-state index in [9.17, 15) is 9.18 Å². The van der Waals surface area contributed by atoms with Crippen molar-refractivity contribution in [3.8, 4) is 0 Å². The molecule has 2 rings (SSSR count). The van der Waals surface area contributed by atoms with E-state index in [1.165, 1.54) is 18.2 Å². The molecule has 2 nitrogen and oxygen atoms in total. The van der Waals surface area contributed by atoms with Gasteiger partial charge in [0.15, 0.2) is 0 Å². The van der Waals surface area contributed by atoms with Crippen LogP contribution in [0.25, 0.3) is 0 Å². The van der Waals surface area contributed by atoms with Crippen molar-refractivity contribution >= 4 is 23.2 Å². The summed E-state index contributed by atoms with van der Waals surface area (Å²) in [6.45, 7) is 0. The molecule has 0 spiro atoms. The van der Waals surface area contributed by atoms with Crippen LogP contribution in [0.1, 0.15) is 10.4 Å². The van der Waals surface area contributed by atoms with Gasteiger partial charge in [-0.2, -0.15) is 0 Å². The quantitative estimate of drug-likeness (QED) is 0.863. The van der Waals surface area contributed by atoms with Crippen LogP contribution >= 0.6 is 11.6 Å². The lowest BCUT2D eigenvalue weighted by atomic mass is 10.2. The van der Waals surface area contributed by atoms with Crippen LogP contribution in [0.3, 0.4) is 0 Å². The Hall–Kier alpha value is -1.87. The monoisotopic (exact) mass is 249 g/mol. The minimum absolute atomic E-state index is 0.278. The molecule has 0 saturated carbocycles. The molecule has 0 aliphatic heterocycles. The number of benzene rings is 2. The highest BCUT2D eigenvalue weighted by atomic mass is 35.5. The van der Waals surface area contributed by atoms with Crippen LogP contribution in [0.5, 0.6) is 0 Å². The van der Waals surface area contributed by atoms with E-state index in [1.54, 1.807) is 30.3 Å². The summed E-state index contributed by atoms with van der Waals surface area (Å²) < 4.78 is 12.9. The zero-order chi connectivity index (χ0) is 12.3. The molecular formula is C13H9ClFNO. The van der Waals surface area contributed by atoms with Crippen molar-refractivity contribution in [1.29, 1.82) is 0 Å². The predicted molar refractivity (Wildman–Crippen MR) is 65.8 cm³/mol. The van der Waals surface area contributed by atoms with E-state index in [-0.39, 0.29) is 11.5 Å². The van der Waals surface area contributed by atoms with Gasteiger partial charge in [0.25, 0.3) is 5.91 Å². The Labute approximate surface area is 103 Å². The first-order valence-electron chi connectivity index (χ1n) is 4.97. The zero-order valence-corrected chi connectivity index (χ0v) is 9.54. The molecule has 2 aromatic rings. The van der Waals surface area contributed by atoms with Gasteiger partial charge >= 0.3 is 0 Å². The minimum atomic E-state index is -0.436. The van der Waals surface area contributed by atoms with Crippen molar-refractivity contribution in [1.82, 2.24) is 0 Å². The molecule has 0 aliphatic carbocycles. The number of carbonyl (C=O) groups is 1. The van der Waals surface area contributed by atoms with Crippen molar-refractivity contribution in [2.45, 2.75) is 0 Å². The van der Waals surface area contributed by atoms with Crippen LogP contribution in [0.4, 0.5) is 10.1 Å². The number of carbonyl (C=O) groups excluding carboxylic acids is 1. The van der Waals surface area contributed by atoms with Crippen molar-refractivity contribution in [3.63, 3.8) is 0 Å². The molecule has 86 valence electrons. The molecule has 1 N–H and O–H groups in total. The number of anilines is 1. The average Bonchev–Trinajstić information content (AvgIpc) is 2.32. The molecule has 0 saturated heterocycles. The topological polar surface area (TPSA) is 29.1 Å². The van der Waals surface area contributed by atoms with Gasteiger partial charge in [-0.25, -0.2) is 4.39 Å². The molecule has 0 unspecified atom stereocenters. The van der Waals surface area contributed by atoms with Gasteiger partial charge in [0, 0.05) is 16.3 Å². The van der Waals surface area contributed by atoms with Crippen molar-refractivity contribution < 1.29 is 9.18 Å². The minimum Gasteiger partial charge on any atom is -0.322 e. The van der Waals surface area contributed by atoms with Crippen LogP contribution in [-0.4, -0.2) is 5.91 Å². The molecule has 0 bridgehead atoms. The van der Waals surface area contributed by atoms with Crippen molar-refractivity contribution in [2.75, 3.05) is 5.32 Å². The number of amides is 1. The average molecular weight is 250 g/mol. The smallest absolute Gasteiger partial charge is 0.255 e. The highest BCUT2D eigenvalue weighted by Crippen LogP contribution is 2.14. The molecule has 0 aliphatic rings. The zero-order valence-electron chi connectivity index (χ0n) is 8.78. The number of rotatable bonds is 2. The third-order valence-electron chi connectivity index (χ3n) is 2.19. The van der Waals surface area contributed by atoms with Gasteiger partial charge in [-0.05, 0) is 42.5 Å². The second-order valence-electron chi connectivity index (χ2n) is 3.47. The SMILES string of the molecule is O=C(Nc1ccc(Cl)cc1)c1cccc(F)c1. The van der Waals surface area contributed by atoms with Gasteiger partial charge in [-0.15, -0.1) is 0 Å². The van der Waals surface area contributed by atoms with Crippen molar-refractivity contribution in [2.24, 2.45) is 0 Å². The van der Waals surface area contributed by atoms with E-state index in [0.717, 1.165) is 0 Å². The van der Waals surface area contributed by atoms with Gasteiger partial charge in [0.05, 0.1) is 0 Å². The van der Waals surface area contributed by atoms with E-state index >= 15 is 0 Å². The second-order valence-corrected chi connectivity index (χ2v) is 3.91. The van der Waals surface area contributed by atoms with Gasteiger partial charge in [-0.3, -0.25) is 4.79 Å². The summed E-state index contributed by atoms with van der Waals surface area (Å²) in [6, 6.07) is 12.2. The summed E-state index contributed by atoms with van der Waals surface area (Å²) in [6.07, 6.45) is 0. The molecule has 0 fully saturated rings. The summed E-state index contributed by atoms with van der Waals surface area (Å²) in [5.41, 5.74) is 0.892. The third kappa shape index (κ3) is 3.04. The lowest BCUT2D eigenvalue weighted by Crippen LogP contribution is -2.11. The van der Waals surface area contributed by atoms with Gasteiger partial charge in [0.1, 0.15) is 5.82 Å². The van der Waals surface area contributed by atoms with E-state index in [1.807, 2.05) is 0 Å².